The highest BCUT2D eigenvalue weighted by Gasteiger charge is 2.27. The number of para-hydroxylation sites is 1. The molecule has 176 valence electrons. The predicted octanol–water partition coefficient (Wildman–Crippen LogP) is 4.38. The van der Waals surface area contributed by atoms with Gasteiger partial charge in [-0.25, -0.2) is 14.6 Å². The van der Waals surface area contributed by atoms with Gasteiger partial charge in [0.05, 0.1) is 17.5 Å². The fourth-order valence-electron chi connectivity index (χ4n) is 4.57. The lowest BCUT2D eigenvalue weighted by Gasteiger charge is -2.29. The summed E-state index contributed by atoms with van der Waals surface area (Å²) in [7, 11) is 0. The van der Waals surface area contributed by atoms with Crippen molar-refractivity contribution in [3.63, 3.8) is 0 Å². The number of rotatable bonds is 6. The topological polar surface area (TPSA) is 132 Å². The number of carbonyl (C=O) groups excluding carboxylic acids is 1. The average molecular weight is 468 g/mol. The fourth-order valence-corrected chi connectivity index (χ4v) is 4.57. The van der Waals surface area contributed by atoms with Crippen LogP contribution in [0.4, 0.5) is 5.82 Å². The summed E-state index contributed by atoms with van der Waals surface area (Å²) in [6.07, 6.45) is 4.64. The van der Waals surface area contributed by atoms with Gasteiger partial charge in [-0.3, -0.25) is 4.79 Å². The molecule has 2 heterocycles. The van der Waals surface area contributed by atoms with Crippen LogP contribution < -0.4 is 15.8 Å². The Morgan fingerprint density at radius 3 is 2.49 bits per heavy atom. The van der Waals surface area contributed by atoms with Crippen molar-refractivity contribution in [1.82, 2.24) is 25.1 Å². The molecular weight excluding hydrogens is 442 g/mol. The Balaban J connectivity index is 1.39. The maximum atomic E-state index is 11.8. The van der Waals surface area contributed by atoms with Gasteiger partial charge in [0.15, 0.2) is 5.65 Å². The van der Waals surface area contributed by atoms with Crippen molar-refractivity contribution in [3.05, 3.63) is 60.9 Å². The Morgan fingerprint density at radius 1 is 1.06 bits per heavy atom. The minimum Gasteiger partial charge on any atom is -0.457 e. The molecule has 1 aliphatic rings. The molecule has 4 aromatic rings. The summed E-state index contributed by atoms with van der Waals surface area (Å²) < 4.78 is 7.86. The number of ether oxygens (including phenoxy) is 1. The first-order chi connectivity index (χ1) is 17.1. The number of benzene rings is 2. The summed E-state index contributed by atoms with van der Waals surface area (Å²) in [5.41, 5.74) is 8.60. The molecule has 9 heteroatoms. The molecule has 0 spiro atoms. The lowest BCUT2D eigenvalue weighted by molar-refractivity contribution is -0.121. The molecule has 1 amide bonds. The summed E-state index contributed by atoms with van der Waals surface area (Å²) in [6, 6.07) is 19.4. The molecule has 1 fully saturated rings. The summed E-state index contributed by atoms with van der Waals surface area (Å²) in [5.74, 6) is 1.66. The van der Waals surface area contributed by atoms with E-state index in [0.29, 0.717) is 11.5 Å². The smallest absolute Gasteiger partial charge is 0.234 e. The Labute approximate surface area is 202 Å². The zero-order valence-corrected chi connectivity index (χ0v) is 19.1. The van der Waals surface area contributed by atoms with Crippen molar-refractivity contribution in [1.29, 1.82) is 5.26 Å². The number of nitrogens with one attached hydrogen (secondary N) is 1. The zero-order chi connectivity index (χ0) is 24.2. The predicted molar refractivity (Wildman–Crippen MR) is 131 cm³/mol. The number of aromatic nitrogens is 4. The molecule has 35 heavy (non-hydrogen) atoms. The van der Waals surface area contributed by atoms with Crippen LogP contribution in [0.3, 0.4) is 0 Å². The van der Waals surface area contributed by atoms with E-state index in [1.54, 1.807) is 0 Å². The SMILES string of the molecule is N#CCC(=O)NC1CCC(n2nc(-c3ccc(Oc4ccccc4)cc3)c3c(N)ncnc32)CC1. The number of anilines is 1. The van der Waals surface area contributed by atoms with Crippen molar-refractivity contribution in [2.75, 3.05) is 5.73 Å². The largest absolute Gasteiger partial charge is 0.457 e. The number of nitrogen functional groups attached to an aromatic ring is 1. The van der Waals surface area contributed by atoms with Gasteiger partial charge in [-0.05, 0) is 62.1 Å². The van der Waals surface area contributed by atoms with Gasteiger partial charge >= 0.3 is 0 Å². The number of fused-ring (bicyclic) bond motifs is 1. The van der Waals surface area contributed by atoms with Crippen LogP contribution in [0.1, 0.15) is 38.1 Å². The van der Waals surface area contributed by atoms with Crippen LogP contribution in [0.5, 0.6) is 11.5 Å². The normalized spacial score (nSPS) is 17.6. The van der Waals surface area contributed by atoms with E-state index >= 15 is 0 Å². The number of nitrogens with two attached hydrogens (primary N) is 1. The Morgan fingerprint density at radius 2 is 1.77 bits per heavy atom. The number of nitriles is 1. The number of hydrogen-bond donors (Lipinski definition) is 2. The van der Waals surface area contributed by atoms with E-state index < -0.39 is 0 Å². The van der Waals surface area contributed by atoms with Crippen molar-refractivity contribution in [3.8, 4) is 28.8 Å². The summed E-state index contributed by atoms with van der Waals surface area (Å²) in [4.78, 5) is 20.5. The summed E-state index contributed by atoms with van der Waals surface area (Å²) in [5, 5.41) is 17.3. The minimum atomic E-state index is -0.219. The molecule has 2 aromatic carbocycles. The van der Waals surface area contributed by atoms with E-state index in [0.717, 1.165) is 53.8 Å². The molecule has 9 nitrogen and oxygen atoms in total. The second kappa shape index (κ2) is 9.81. The second-order valence-corrected chi connectivity index (χ2v) is 8.60. The van der Waals surface area contributed by atoms with Crippen LogP contribution in [0.25, 0.3) is 22.3 Å². The van der Waals surface area contributed by atoms with E-state index in [1.807, 2.05) is 65.3 Å². The van der Waals surface area contributed by atoms with Gasteiger partial charge in [0.25, 0.3) is 0 Å². The molecule has 0 unspecified atom stereocenters. The van der Waals surface area contributed by atoms with Crippen LogP contribution in [0.2, 0.25) is 0 Å². The number of nitrogens with zero attached hydrogens (tertiary/aromatic N) is 5. The third kappa shape index (κ3) is 4.77. The molecule has 1 aliphatic carbocycles. The van der Waals surface area contributed by atoms with Crippen LogP contribution in [0.15, 0.2) is 60.9 Å². The third-order valence-corrected chi connectivity index (χ3v) is 6.27. The fraction of sp³-hybridized carbons (Fsp3) is 0.269. The van der Waals surface area contributed by atoms with E-state index in [9.17, 15) is 4.79 Å². The zero-order valence-electron chi connectivity index (χ0n) is 19.1. The average Bonchev–Trinajstić information content (AvgIpc) is 3.27. The molecule has 0 atom stereocenters. The quantitative estimate of drug-likeness (QED) is 0.430. The van der Waals surface area contributed by atoms with Crippen molar-refractivity contribution in [2.45, 2.75) is 44.2 Å². The van der Waals surface area contributed by atoms with Gasteiger partial charge in [0, 0.05) is 11.6 Å². The Bertz CT molecular complexity index is 1370. The van der Waals surface area contributed by atoms with Crippen LogP contribution >= 0.6 is 0 Å². The van der Waals surface area contributed by atoms with E-state index in [2.05, 4.69) is 15.3 Å². The first-order valence-corrected chi connectivity index (χ1v) is 11.6. The van der Waals surface area contributed by atoms with Gasteiger partial charge in [0.1, 0.15) is 35.8 Å². The maximum Gasteiger partial charge on any atom is 0.234 e. The first-order valence-electron chi connectivity index (χ1n) is 11.6. The molecule has 5 rings (SSSR count). The monoisotopic (exact) mass is 467 g/mol. The number of amides is 1. The van der Waals surface area contributed by atoms with E-state index in [-0.39, 0.29) is 24.4 Å². The van der Waals surface area contributed by atoms with E-state index in [4.69, 9.17) is 20.8 Å². The second-order valence-electron chi connectivity index (χ2n) is 8.60. The Hall–Kier alpha value is -4.45. The van der Waals surface area contributed by atoms with Crippen molar-refractivity contribution in [2.24, 2.45) is 0 Å². The summed E-state index contributed by atoms with van der Waals surface area (Å²) >= 11 is 0. The highest BCUT2D eigenvalue weighted by Crippen LogP contribution is 2.36. The lowest BCUT2D eigenvalue weighted by atomic mass is 9.91. The van der Waals surface area contributed by atoms with Gasteiger partial charge in [-0.15, -0.1) is 0 Å². The molecule has 1 saturated carbocycles. The summed E-state index contributed by atoms with van der Waals surface area (Å²) in [6.45, 7) is 0. The Kier molecular flexibility index (Phi) is 6.26. The molecule has 3 N–H and O–H groups in total. The van der Waals surface area contributed by atoms with Crippen molar-refractivity contribution >= 4 is 22.8 Å². The highest BCUT2D eigenvalue weighted by molar-refractivity contribution is 5.98. The van der Waals surface area contributed by atoms with Gasteiger partial charge < -0.3 is 15.8 Å². The van der Waals surface area contributed by atoms with Gasteiger partial charge in [-0.1, -0.05) is 18.2 Å². The van der Waals surface area contributed by atoms with Crippen LogP contribution in [-0.4, -0.2) is 31.7 Å². The maximum absolute atomic E-state index is 11.8. The molecule has 0 saturated heterocycles. The molecule has 2 aromatic heterocycles. The number of carbonyl (C=O) groups is 1. The first kappa shape index (κ1) is 22.3. The molecule has 0 bridgehead atoms. The van der Waals surface area contributed by atoms with Crippen LogP contribution in [0, 0.1) is 11.3 Å². The van der Waals surface area contributed by atoms with Gasteiger partial charge in [-0.2, -0.15) is 10.4 Å². The lowest BCUT2D eigenvalue weighted by Crippen LogP contribution is -2.37. The van der Waals surface area contributed by atoms with Gasteiger partial charge in [0.2, 0.25) is 5.91 Å². The van der Waals surface area contributed by atoms with Crippen molar-refractivity contribution < 1.29 is 9.53 Å². The van der Waals surface area contributed by atoms with E-state index in [1.165, 1.54) is 6.33 Å². The molecular formula is C26H25N7O2. The highest BCUT2D eigenvalue weighted by atomic mass is 16.5. The standard InChI is InChI=1S/C26H25N7O2/c27-15-14-22(34)31-18-8-10-19(11-9-18)33-26-23(25(28)29-16-30-26)24(32-33)17-6-12-21(13-7-17)35-20-4-2-1-3-5-20/h1-7,12-13,16,18-19H,8-11,14H2,(H,31,34)(H2,28,29,30). The van der Waals surface area contributed by atoms with Crippen LogP contribution in [-0.2, 0) is 4.79 Å². The third-order valence-electron chi connectivity index (χ3n) is 6.27. The molecule has 0 aliphatic heterocycles. The number of hydrogen-bond acceptors (Lipinski definition) is 7. The minimum absolute atomic E-state index is 0.0743. The molecule has 0 radical (unpaired) electrons.